The van der Waals surface area contributed by atoms with Gasteiger partial charge in [0.15, 0.2) is 0 Å². The highest BCUT2D eigenvalue weighted by molar-refractivity contribution is 5.75. The molecule has 1 saturated heterocycles. The number of benzene rings is 1. The number of H-pyrrole nitrogens is 2. The molecule has 19 heavy (non-hydrogen) atoms. The Hall–Kier alpha value is -1.63. The van der Waals surface area contributed by atoms with Crippen LogP contribution in [0.3, 0.4) is 0 Å². The van der Waals surface area contributed by atoms with Crippen LogP contribution in [0.15, 0.2) is 23.0 Å². The zero-order valence-corrected chi connectivity index (χ0v) is 11.0. The molecule has 102 valence electrons. The van der Waals surface area contributed by atoms with Gasteiger partial charge in [-0.2, -0.15) is 0 Å². The van der Waals surface area contributed by atoms with Crippen LogP contribution < -0.4 is 16.3 Å². The van der Waals surface area contributed by atoms with E-state index >= 15 is 0 Å². The van der Waals surface area contributed by atoms with Gasteiger partial charge in [0.1, 0.15) is 0 Å². The van der Waals surface area contributed by atoms with Crippen molar-refractivity contribution in [3.8, 4) is 0 Å². The van der Waals surface area contributed by atoms with Gasteiger partial charge in [-0.1, -0.05) is 6.07 Å². The molecule has 0 spiro atoms. The molecule has 2 heterocycles. The average Bonchev–Trinajstić information content (AvgIpc) is 2.80. The van der Waals surface area contributed by atoms with Crippen LogP contribution in [0, 0.1) is 0 Å². The fourth-order valence-corrected chi connectivity index (χ4v) is 2.72. The van der Waals surface area contributed by atoms with Crippen molar-refractivity contribution in [2.45, 2.75) is 6.17 Å². The standard InChI is InChI=1S/C13H19N5O/c1-14-12(18-6-4-15-5-7-18)9-2-3-10-11(8-9)17-13(19)16-10/h2-3,8,12,14-15H,4-7H2,1H3,(H2,16,17,19). The molecule has 1 aliphatic heterocycles. The molecule has 1 atom stereocenters. The Morgan fingerprint density at radius 3 is 2.68 bits per heavy atom. The lowest BCUT2D eigenvalue weighted by molar-refractivity contribution is 0.153. The van der Waals surface area contributed by atoms with E-state index in [-0.39, 0.29) is 11.9 Å². The number of aromatic nitrogens is 2. The molecular formula is C13H19N5O. The van der Waals surface area contributed by atoms with E-state index in [2.05, 4.69) is 31.6 Å². The summed E-state index contributed by atoms with van der Waals surface area (Å²) in [7, 11) is 1.97. The van der Waals surface area contributed by atoms with Gasteiger partial charge in [0.05, 0.1) is 17.2 Å². The molecule has 3 rings (SSSR count). The van der Waals surface area contributed by atoms with Crippen LogP contribution >= 0.6 is 0 Å². The summed E-state index contributed by atoms with van der Waals surface area (Å²) >= 11 is 0. The molecule has 0 radical (unpaired) electrons. The fraction of sp³-hybridized carbons (Fsp3) is 0.462. The molecule has 1 aromatic heterocycles. The third kappa shape index (κ3) is 2.42. The van der Waals surface area contributed by atoms with Crippen molar-refractivity contribution in [1.29, 1.82) is 0 Å². The predicted molar refractivity (Wildman–Crippen MR) is 75.2 cm³/mol. The lowest BCUT2D eigenvalue weighted by Gasteiger charge is -2.34. The number of piperazine rings is 1. The van der Waals surface area contributed by atoms with E-state index in [0.29, 0.717) is 0 Å². The second-order valence-electron chi connectivity index (χ2n) is 4.86. The van der Waals surface area contributed by atoms with Crippen molar-refractivity contribution in [1.82, 2.24) is 25.5 Å². The van der Waals surface area contributed by atoms with Gasteiger partial charge >= 0.3 is 5.69 Å². The highest BCUT2D eigenvalue weighted by Gasteiger charge is 2.20. The van der Waals surface area contributed by atoms with Crippen LogP contribution in [0.25, 0.3) is 11.0 Å². The van der Waals surface area contributed by atoms with Gasteiger partial charge < -0.3 is 20.6 Å². The smallest absolute Gasteiger partial charge is 0.314 e. The van der Waals surface area contributed by atoms with Crippen LogP contribution in [-0.2, 0) is 0 Å². The number of fused-ring (bicyclic) bond motifs is 1. The van der Waals surface area contributed by atoms with E-state index in [9.17, 15) is 4.79 Å². The minimum atomic E-state index is -0.157. The highest BCUT2D eigenvalue weighted by atomic mass is 16.1. The number of hydrogen-bond donors (Lipinski definition) is 4. The summed E-state index contributed by atoms with van der Waals surface area (Å²) in [5, 5.41) is 6.71. The first-order chi connectivity index (χ1) is 9.28. The quantitative estimate of drug-likeness (QED) is 0.626. The summed E-state index contributed by atoms with van der Waals surface area (Å²) in [4.78, 5) is 19.3. The first-order valence-corrected chi connectivity index (χ1v) is 6.62. The van der Waals surface area contributed by atoms with Gasteiger partial charge in [-0.3, -0.25) is 4.90 Å². The van der Waals surface area contributed by atoms with Gasteiger partial charge in [-0.05, 0) is 24.7 Å². The van der Waals surface area contributed by atoms with E-state index in [1.807, 2.05) is 19.2 Å². The van der Waals surface area contributed by atoms with Gasteiger partial charge in [-0.15, -0.1) is 0 Å². The third-order valence-electron chi connectivity index (χ3n) is 3.65. The maximum atomic E-state index is 11.3. The SMILES string of the molecule is CNC(c1ccc2[nH]c(=O)[nH]c2c1)N1CCNCC1. The lowest BCUT2D eigenvalue weighted by Crippen LogP contribution is -2.48. The average molecular weight is 261 g/mol. The molecule has 2 aromatic rings. The van der Waals surface area contributed by atoms with Gasteiger partial charge in [-0.25, -0.2) is 4.79 Å². The summed E-state index contributed by atoms with van der Waals surface area (Å²) in [6, 6.07) is 6.06. The second kappa shape index (κ2) is 5.16. The van der Waals surface area contributed by atoms with Crippen LogP contribution in [0.1, 0.15) is 11.7 Å². The van der Waals surface area contributed by atoms with Crippen molar-refractivity contribution < 1.29 is 0 Å². The van der Waals surface area contributed by atoms with Crippen molar-refractivity contribution in [2.24, 2.45) is 0 Å². The van der Waals surface area contributed by atoms with Crippen molar-refractivity contribution >= 4 is 11.0 Å². The van der Waals surface area contributed by atoms with Crippen LogP contribution in [0.5, 0.6) is 0 Å². The molecule has 0 amide bonds. The first-order valence-electron chi connectivity index (χ1n) is 6.62. The summed E-state index contributed by atoms with van der Waals surface area (Å²) < 4.78 is 0. The molecule has 0 bridgehead atoms. The largest absolute Gasteiger partial charge is 0.323 e. The molecule has 1 aliphatic rings. The first kappa shape index (κ1) is 12.4. The minimum Gasteiger partial charge on any atom is -0.314 e. The monoisotopic (exact) mass is 261 g/mol. The summed E-state index contributed by atoms with van der Waals surface area (Å²) in [6.07, 6.45) is 0.185. The Morgan fingerprint density at radius 1 is 1.21 bits per heavy atom. The molecule has 0 saturated carbocycles. The molecule has 0 aliphatic carbocycles. The highest BCUT2D eigenvalue weighted by Crippen LogP contribution is 2.20. The van der Waals surface area contributed by atoms with Gasteiger partial charge in [0, 0.05) is 26.2 Å². The van der Waals surface area contributed by atoms with Crippen LogP contribution in [0.4, 0.5) is 0 Å². The Bertz CT molecular complexity index is 611. The zero-order chi connectivity index (χ0) is 13.2. The maximum Gasteiger partial charge on any atom is 0.323 e. The molecule has 1 unspecified atom stereocenters. The van der Waals surface area contributed by atoms with Crippen molar-refractivity contribution in [3.63, 3.8) is 0 Å². The Kier molecular flexibility index (Phi) is 3.37. The van der Waals surface area contributed by atoms with Crippen molar-refractivity contribution in [2.75, 3.05) is 33.2 Å². The number of rotatable bonds is 3. The Morgan fingerprint density at radius 2 is 1.95 bits per heavy atom. The Labute approximate surface area is 111 Å². The van der Waals surface area contributed by atoms with E-state index in [1.165, 1.54) is 5.56 Å². The van der Waals surface area contributed by atoms with E-state index < -0.39 is 0 Å². The maximum absolute atomic E-state index is 11.3. The molecule has 1 fully saturated rings. The van der Waals surface area contributed by atoms with Gasteiger partial charge in [0.25, 0.3) is 0 Å². The fourth-order valence-electron chi connectivity index (χ4n) is 2.72. The zero-order valence-electron chi connectivity index (χ0n) is 11.0. The normalized spacial score (nSPS) is 18.8. The number of nitrogens with one attached hydrogen (secondary N) is 4. The number of hydrogen-bond acceptors (Lipinski definition) is 4. The molecular weight excluding hydrogens is 242 g/mol. The van der Waals surface area contributed by atoms with Gasteiger partial charge in [0.2, 0.25) is 0 Å². The molecule has 1 aromatic carbocycles. The summed E-state index contributed by atoms with van der Waals surface area (Å²) in [6.45, 7) is 4.07. The Balaban J connectivity index is 1.93. The molecule has 4 N–H and O–H groups in total. The summed E-state index contributed by atoms with van der Waals surface area (Å²) in [5.41, 5.74) is 2.73. The van der Waals surface area contributed by atoms with E-state index in [1.54, 1.807) is 0 Å². The molecule has 6 heteroatoms. The van der Waals surface area contributed by atoms with Crippen molar-refractivity contribution in [3.05, 3.63) is 34.2 Å². The lowest BCUT2D eigenvalue weighted by atomic mass is 10.1. The topological polar surface area (TPSA) is 76.0 Å². The van der Waals surface area contributed by atoms with E-state index in [4.69, 9.17) is 0 Å². The number of aromatic amines is 2. The predicted octanol–water partition coefficient (Wildman–Crippen LogP) is -0.0206. The second-order valence-corrected chi connectivity index (χ2v) is 4.86. The summed E-state index contributed by atoms with van der Waals surface area (Å²) in [5.74, 6) is 0. The van der Waals surface area contributed by atoms with Crippen LogP contribution in [0.2, 0.25) is 0 Å². The van der Waals surface area contributed by atoms with E-state index in [0.717, 1.165) is 37.2 Å². The minimum absolute atomic E-state index is 0.157. The number of nitrogens with zero attached hydrogens (tertiary/aromatic N) is 1. The molecule has 6 nitrogen and oxygen atoms in total. The number of imidazole rings is 1. The van der Waals surface area contributed by atoms with Crippen LogP contribution in [-0.4, -0.2) is 48.1 Å². The third-order valence-corrected chi connectivity index (χ3v) is 3.65.